The summed E-state index contributed by atoms with van der Waals surface area (Å²) >= 11 is 0. The number of carbonyl (C=O) groups excluding carboxylic acids is 1. The van der Waals surface area contributed by atoms with Gasteiger partial charge in [0, 0.05) is 19.2 Å². The molecule has 0 unspecified atom stereocenters. The van der Waals surface area contributed by atoms with Gasteiger partial charge in [0.05, 0.1) is 0 Å². The lowest BCUT2D eigenvalue weighted by Gasteiger charge is -2.04. The number of aryl methyl sites for hydroxylation is 1. The van der Waals surface area contributed by atoms with Gasteiger partial charge in [-0.2, -0.15) is 0 Å². The van der Waals surface area contributed by atoms with Crippen LogP contribution in [0.25, 0.3) is 6.08 Å². The van der Waals surface area contributed by atoms with Crippen LogP contribution in [0.4, 0.5) is 5.82 Å². The second-order valence-corrected chi connectivity index (χ2v) is 3.47. The number of nitrogens with zero attached hydrogens (tertiary/aromatic N) is 1. The number of hydrogen-bond donors (Lipinski definition) is 2. The first kappa shape index (κ1) is 12.4. The first-order valence-electron chi connectivity index (χ1n) is 5.16. The van der Waals surface area contributed by atoms with Crippen LogP contribution in [0.3, 0.4) is 0 Å². The predicted octanol–water partition coefficient (Wildman–Crippen LogP) is 1.74. The molecule has 0 aliphatic rings. The molecule has 4 heteroatoms. The SMILES string of the molecule is CC(=O)Nc1ccc(C=CCCO)c(C)n1. The first-order valence-corrected chi connectivity index (χ1v) is 5.16. The maximum absolute atomic E-state index is 10.8. The van der Waals surface area contributed by atoms with Crippen LogP contribution < -0.4 is 5.32 Å². The van der Waals surface area contributed by atoms with Crippen molar-refractivity contribution in [1.29, 1.82) is 0 Å². The number of aliphatic hydroxyl groups is 1. The summed E-state index contributed by atoms with van der Waals surface area (Å²) < 4.78 is 0. The third-order valence-electron chi connectivity index (χ3n) is 2.02. The van der Waals surface area contributed by atoms with E-state index in [-0.39, 0.29) is 12.5 Å². The molecule has 0 saturated carbocycles. The van der Waals surface area contributed by atoms with Crippen LogP contribution in [0.15, 0.2) is 18.2 Å². The van der Waals surface area contributed by atoms with Gasteiger partial charge in [0.25, 0.3) is 0 Å². The van der Waals surface area contributed by atoms with E-state index in [1.54, 1.807) is 6.07 Å². The Morgan fingerprint density at radius 2 is 2.31 bits per heavy atom. The van der Waals surface area contributed by atoms with Crippen LogP contribution in [0.5, 0.6) is 0 Å². The lowest BCUT2D eigenvalue weighted by atomic mass is 10.2. The van der Waals surface area contributed by atoms with Crippen LogP contribution in [0, 0.1) is 6.92 Å². The molecular formula is C12H16N2O2. The van der Waals surface area contributed by atoms with Crippen molar-refractivity contribution in [2.45, 2.75) is 20.3 Å². The lowest BCUT2D eigenvalue weighted by molar-refractivity contribution is -0.114. The molecule has 0 aromatic carbocycles. The van der Waals surface area contributed by atoms with E-state index in [1.165, 1.54) is 6.92 Å². The van der Waals surface area contributed by atoms with Gasteiger partial charge >= 0.3 is 0 Å². The Bertz CT molecular complexity index is 400. The van der Waals surface area contributed by atoms with Crippen LogP contribution in [-0.4, -0.2) is 22.6 Å². The number of aromatic nitrogens is 1. The summed E-state index contributed by atoms with van der Waals surface area (Å²) in [6.45, 7) is 3.48. The summed E-state index contributed by atoms with van der Waals surface area (Å²) in [5.41, 5.74) is 1.84. The largest absolute Gasteiger partial charge is 0.396 e. The molecule has 0 atom stereocenters. The standard InChI is InChI=1S/C12H16N2O2/c1-9-11(5-3-4-8-15)6-7-12(13-9)14-10(2)16/h3,5-7,15H,4,8H2,1-2H3,(H,13,14,16). The number of rotatable bonds is 4. The van der Waals surface area contributed by atoms with E-state index in [4.69, 9.17) is 5.11 Å². The summed E-state index contributed by atoms with van der Waals surface area (Å²) in [4.78, 5) is 15.1. The molecule has 1 aromatic rings. The Labute approximate surface area is 95.0 Å². The maximum atomic E-state index is 10.8. The minimum Gasteiger partial charge on any atom is -0.396 e. The Hall–Kier alpha value is -1.68. The summed E-state index contributed by atoms with van der Waals surface area (Å²) in [5, 5.41) is 11.3. The summed E-state index contributed by atoms with van der Waals surface area (Å²) in [6, 6.07) is 3.65. The zero-order chi connectivity index (χ0) is 12.0. The van der Waals surface area contributed by atoms with Crippen molar-refractivity contribution in [1.82, 2.24) is 4.98 Å². The highest BCUT2D eigenvalue weighted by Gasteiger charge is 2.00. The number of amides is 1. The summed E-state index contributed by atoms with van der Waals surface area (Å²) in [7, 11) is 0. The fourth-order valence-electron chi connectivity index (χ4n) is 1.28. The third kappa shape index (κ3) is 3.82. The number of nitrogens with one attached hydrogen (secondary N) is 1. The molecule has 0 saturated heterocycles. The van der Waals surface area contributed by atoms with Crippen LogP contribution in [-0.2, 0) is 4.79 Å². The van der Waals surface area contributed by atoms with Gasteiger partial charge in [-0.1, -0.05) is 12.2 Å². The van der Waals surface area contributed by atoms with Crippen molar-refractivity contribution in [2.24, 2.45) is 0 Å². The minimum absolute atomic E-state index is 0.129. The van der Waals surface area contributed by atoms with Gasteiger partial charge in [0.2, 0.25) is 5.91 Å². The molecule has 86 valence electrons. The maximum Gasteiger partial charge on any atom is 0.222 e. The van der Waals surface area contributed by atoms with E-state index in [0.717, 1.165) is 11.3 Å². The highest BCUT2D eigenvalue weighted by molar-refractivity contribution is 5.87. The Balaban J connectivity index is 2.79. The molecule has 0 spiro atoms. The molecule has 0 aliphatic carbocycles. The molecule has 0 aliphatic heterocycles. The van der Waals surface area contributed by atoms with E-state index in [2.05, 4.69) is 10.3 Å². The molecule has 16 heavy (non-hydrogen) atoms. The summed E-state index contributed by atoms with van der Waals surface area (Å²) in [5.74, 6) is 0.430. The number of pyridine rings is 1. The monoisotopic (exact) mass is 220 g/mol. The van der Waals surface area contributed by atoms with Crippen molar-refractivity contribution in [3.8, 4) is 0 Å². The van der Waals surface area contributed by atoms with Crippen LogP contribution >= 0.6 is 0 Å². The second kappa shape index (κ2) is 6.02. The zero-order valence-electron chi connectivity index (χ0n) is 9.53. The third-order valence-corrected chi connectivity index (χ3v) is 2.02. The molecule has 0 bridgehead atoms. The highest BCUT2D eigenvalue weighted by Crippen LogP contribution is 2.12. The van der Waals surface area contributed by atoms with Crippen molar-refractivity contribution >= 4 is 17.8 Å². The van der Waals surface area contributed by atoms with Crippen molar-refractivity contribution in [2.75, 3.05) is 11.9 Å². The van der Waals surface area contributed by atoms with Crippen molar-refractivity contribution < 1.29 is 9.90 Å². The van der Waals surface area contributed by atoms with E-state index < -0.39 is 0 Å². The fourth-order valence-corrected chi connectivity index (χ4v) is 1.28. The molecule has 1 heterocycles. The minimum atomic E-state index is -0.129. The fraction of sp³-hybridized carbons (Fsp3) is 0.333. The Kier molecular flexibility index (Phi) is 4.66. The second-order valence-electron chi connectivity index (χ2n) is 3.47. The predicted molar refractivity (Wildman–Crippen MR) is 64.0 cm³/mol. The van der Waals surface area contributed by atoms with Gasteiger partial charge in [-0.25, -0.2) is 4.98 Å². The number of hydrogen-bond acceptors (Lipinski definition) is 3. The molecular weight excluding hydrogens is 204 g/mol. The smallest absolute Gasteiger partial charge is 0.222 e. The Morgan fingerprint density at radius 1 is 1.56 bits per heavy atom. The average molecular weight is 220 g/mol. The van der Waals surface area contributed by atoms with Crippen molar-refractivity contribution in [3.63, 3.8) is 0 Å². The number of anilines is 1. The number of aliphatic hydroxyl groups excluding tert-OH is 1. The van der Waals surface area contributed by atoms with E-state index >= 15 is 0 Å². The highest BCUT2D eigenvalue weighted by atomic mass is 16.2. The zero-order valence-corrected chi connectivity index (χ0v) is 9.53. The molecule has 2 N–H and O–H groups in total. The average Bonchev–Trinajstić information content (AvgIpc) is 2.20. The Morgan fingerprint density at radius 3 is 2.88 bits per heavy atom. The van der Waals surface area contributed by atoms with E-state index in [9.17, 15) is 4.79 Å². The molecule has 1 amide bonds. The van der Waals surface area contributed by atoms with Gasteiger partial charge in [0.1, 0.15) is 5.82 Å². The molecule has 0 radical (unpaired) electrons. The van der Waals surface area contributed by atoms with Crippen LogP contribution in [0.2, 0.25) is 0 Å². The summed E-state index contributed by atoms with van der Waals surface area (Å²) in [6.07, 6.45) is 4.44. The van der Waals surface area contributed by atoms with Gasteiger partial charge in [-0.15, -0.1) is 0 Å². The van der Waals surface area contributed by atoms with E-state index in [0.29, 0.717) is 12.2 Å². The van der Waals surface area contributed by atoms with Gasteiger partial charge in [-0.3, -0.25) is 4.79 Å². The number of carbonyl (C=O) groups is 1. The van der Waals surface area contributed by atoms with Gasteiger partial charge in [0.15, 0.2) is 0 Å². The molecule has 1 rings (SSSR count). The van der Waals surface area contributed by atoms with Gasteiger partial charge in [-0.05, 0) is 31.0 Å². The van der Waals surface area contributed by atoms with Crippen LogP contribution in [0.1, 0.15) is 24.6 Å². The topological polar surface area (TPSA) is 62.2 Å². The van der Waals surface area contributed by atoms with Crippen molar-refractivity contribution in [3.05, 3.63) is 29.5 Å². The first-order chi connectivity index (χ1) is 7.63. The molecule has 1 aromatic heterocycles. The lowest BCUT2D eigenvalue weighted by Crippen LogP contribution is -2.08. The van der Waals surface area contributed by atoms with Gasteiger partial charge < -0.3 is 10.4 Å². The quantitative estimate of drug-likeness (QED) is 0.812. The normalized spacial score (nSPS) is 10.7. The van der Waals surface area contributed by atoms with E-state index in [1.807, 2.05) is 25.1 Å². The molecule has 4 nitrogen and oxygen atoms in total. The molecule has 0 fully saturated rings.